The van der Waals surface area contributed by atoms with Crippen molar-refractivity contribution in [1.82, 2.24) is 0 Å². The number of amides is 1. The van der Waals surface area contributed by atoms with Crippen molar-refractivity contribution in [1.29, 1.82) is 0 Å². The Bertz CT molecular complexity index is 626. The first kappa shape index (κ1) is 13.4. The predicted molar refractivity (Wildman–Crippen MR) is 73.5 cm³/mol. The molecule has 0 spiro atoms. The number of halogens is 2. The zero-order chi connectivity index (χ0) is 14.0. The molecule has 2 aromatic carbocycles. The highest BCUT2D eigenvalue weighted by Crippen LogP contribution is 2.27. The molecule has 98 valence electrons. The van der Waals surface area contributed by atoms with E-state index in [0.717, 1.165) is 0 Å². The normalized spacial score (nSPS) is 10.2. The van der Waals surface area contributed by atoms with Crippen molar-refractivity contribution in [3.05, 3.63) is 52.3 Å². The SMILES string of the molecule is NC(=O)c1cc(Oc2cc(F)cc(Br)c2)ccc1N. The van der Waals surface area contributed by atoms with Gasteiger partial charge in [0, 0.05) is 16.2 Å². The van der Waals surface area contributed by atoms with E-state index in [-0.39, 0.29) is 11.3 Å². The lowest BCUT2D eigenvalue weighted by atomic mass is 10.1. The zero-order valence-corrected chi connectivity index (χ0v) is 11.3. The van der Waals surface area contributed by atoms with E-state index in [0.29, 0.717) is 16.0 Å². The van der Waals surface area contributed by atoms with E-state index < -0.39 is 11.7 Å². The summed E-state index contributed by atoms with van der Waals surface area (Å²) in [5.74, 6) is -0.439. The Hall–Kier alpha value is -2.08. The molecule has 4 nitrogen and oxygen atoms in total. The van der Waals surface area contributed by atoms with E-state index in [1.165, 1.54) is 24.3 Å². The number of hydrogen-bond acceptors (Lipinski definition) is 3. The van der Waals surface area contributed by atoms with Gasteiger partial charge in [-0.15, -0.1) is 0 Å². The average Bonchev–Trinajstić information content (AvgIpc) is 2.30. The van der Waals surface area contributed by atoms with Crippen molar-refractivity contribution < 1.29 is 13.9 Å². The van der Waals surface area contributed by atoms with Crippen LogP contribution in [0.15, 0.2) is 40.9 Å². The van der Waals surface area contributed by atoms with Crippen molar-refractivity contribution in [3.8, 4) is 11.5 Å². The number of ether oxygens (including phenoxy) is 1. The third-order valence-corrected chi connectivity index (χ3v) is 2.82. The van der Waals surface area contributed by atoms with Crippen LogP contribution in [0.2, 0.25) is 0 Å². The molecule has 4 N–H and O–H groups in total. The fraction of sp³-hybridized carbons (Fsp3) is 0. The Labute approximate surface area is 117 Å². The Morgan fingerprint density at radius 1 is 1.16 bits per heavy atom. The van der Waals surface area contributed by atoms with Crippen LogP contribution in [-0.4, -0.2) is 5.91 Å². The average molecular weight is 325 g/mol. The molecule has 0 aliphatic heterocycles. The smallest absolute Gasteiger partial charge is 0.250 e. The standard InChI is InChI=1S/C13H10BrFN2O2/c14-7-3-8(15)5-10(4-7)19-9-1-2-12(16)11(6-9)13(17)18/h1-6H,16H2,(H2,17,18). The summed E-state index contributed by atoms with van der Waals surface area (Å²) in [5, 5.41) is 0. The molecule has 1 amide bonds. The van der Waals surface area contributed by atoms with Crippen LogP contribution >= 0.6 is 15.9 Å². The van der Waals surface area contributed by atoms with E-state index in [2.05, 4.69) is 15.9 Å². The highest BCUT2D eigenvalue weighted by Gasteiger charge is 2.08. The zero-order valence-electron chi connectivity index (χ0n) is 9.69. The third-order valence-electron chi connectivity index (χ3n) is 2.36. The van der Waals surface area contributed by atoms with Crippen molar-refractivity contribution in [2.75, 3.05) is 5.73 Å². The van der Waals surface area contributed by atoms with Gasteiger partial charge in [-0.25, -0.2) is 4.39 Å². The van der Waals surface area contributed by atoms with Crippen LogP contribution in [0, 0.1) is 5.82 Å². The first-order valence-electron chi connectivity index (χ1n) is 5.29. The molecule has 0 atom stereocenters. The molecular formula is C13H10BrFN2O2. The minimum absolute atomic E-state index is 0.160. The molecule has 0 aromatic heterocycles. The highest BCUT2D eigenvalue weighted by atomic mass is 79.9. The maximum atomic E-state index is 13.2. The van der Waals surface area contributed by atoms with Crippen LogP contribution in [0.25, 0.3) is 0 Å². The van der Waals surface area contributed by atoms with Crippen LogP contribution in [-0.2, 0) is 0 Å². The van der Waals surface area contributed by atoms with Crippen LogP contribution in [0.4, 0.5) is 10.1 Å². The highest BCUT2D eigenvalue weighted by molar-refractivity contribution is 9.10. The molecule has 0 aliphatic carbocycles. The van der Waals surface area contributed by atoms with Crippen molar-refractivity contribution in [2.24, 2.45) is 5.73 Å². The number of rotatable bonds is 3. The van der Waals surface area contributed by atoms with Gasteiger partial charge in [-0.1, -0.05) is 15.9 Å². The lowest BCUT2D eigenvalue weighted by Gasteiger charge is -2.09. The molecule has 0 bridgehead atoms. The summed E-state index contributed by atoms with van der Waals surface area (Å²) >= 11 is 3.16. The second-order valence-electron chi connectivity index (χ2n) is 3.82. The van der Waals surface area contributed by atoms with Crippen molar-refractivity contribution in [3.63, 3.8) is 0 Å². The van der Waals surface area contributed by atoms with Gasteiger partial charge < -0.3 is 16.2 Å². The fourth-order valence-corrected chi connectivity index (χ4v) is 1.98. The second-order valence-corrected chi connectivity index (χ2v) is 4.74. The van der Waals surface area contributed by atoms with Gasteiger partial charge in [-0.2, -0.15) is 0 Å². The molecule has 6 heteroatoms. The monoisotopic (exact) mass is 324 g/mol. The second kappa shape index (κ2) is 5.27. The van der Waals surface area contributed by atoms with Gasteiger partial charge >= 0.3 is 0 Å². The van der Waals surface area contributed by atoms with E-state index in [1.807, 2.05) is 0 Å². The van der Waals surface area contributed by atoms with Crippen LogP contribution in [0.5, 0.6) is 11.5 Å². The Morgan fingerprint density at radius 2 is 1.89 bits per heavy atom. The number of hydrogen-bond donors (Lipinski definition) is 2. The quantitative estimate of drug-likeness (QED) is 0.851. The number of carbonyl (C=O) groups is 1. The summed E-state index contributed by atoms with van der Waals surface area (Å²) in [6.45, 7) is 0. The van der Waals surface area contributed by atoms with Crippen LogP contribution in [0.1, 0.15) is 10.4 Å². The number of anilines is 1. The van der Waals surface area contributed by atoms with E-state index in [4.69, 9.17) is 16.2 Å². The van der Waals surface area contributed by atoms with Crippen LogP contribution in [0.3, 0.4) is 0 Å². The molecular weight excluding hydrogens is 315 g/mol. The van der Waals surface area contributed by atoms with Crippen molar-refractivity contribution >= 4 is 27.5 Å². The van der Waals surface area contributed by atoms with Crippen LogP contribution < -0.4 is 16.2 Å². The first-order chi connectivity index (χ1) is 8.95. The number of carbonyl (C=O) groups excluding carboxylic acids is 1. The maximum Gasteiger partial charge on any atom is 0.250 e. The van der Waals surface area contributed by atoms with E-state index >= 15 is 0 Å². The topological polar surface area (TPSA) is 78.3 Å². The minimum Gasteiger partial charge on any atom is -0.457 e. The van der Waals surface area contributed by atoms with Gasteiger partial charge in [0.2, 0.25) is 0 Å². The fourth-order valence-electron chi connectivity index (χ4n) is 1.54. The number of nitrogen functional groups attached to an aromatic ring is 1. The largest absolute Gasteiger partial charge is 0.457 e. The van der Waals surface area contributed by atoms with Gasteiger partial charge in [0.05, 0.1) is 5.56 Å². The molecule has 2 aromatic rings. The molecule has 0 aliphatic rings. The Morgan fingerprint density at radius 3 is 2.53 bits per heavy atom. The molecule has 0 heterocycles. The predicted octanol–water partition coefficient (Wildman–Crippen LogP) is 3.06. The summed E-state index contributed by atoms with van der Waals surface area (Å²) in [4.78, 5) is 11.2. The third kappa shape index (κ3) is 3.23. The number of benzene rings is 2. The maximum absolute atomic E-state index is 13.2. The Kier molecular flexibility index (Phi) is 3.71. The molecule has 2 rings (SSSR count). The summed E-state index contributed by atoms with van der Waals surface area (Å²) in [6, 6.07) is 8.62. The lowest BCUT2D eigenvalue weighted by molar-refractivity contribution is 0.100. The van der Waals surface area contributed by atoms with Gasteiger partial charge in [-0.3, -0.25) is 4.79 Å². The summed E-state index contributed by atoms with van der Waals surface area (Å²) in [6.07, 6.45) is 0. The summed E-state index contributed by atoms with van der Waals surface area (Å²) in [7, 11) is 0. The number of primary amides is 1. The van der Waals surface area contributed by atoms with E-state index in [9.17, 15) is 9.18 Å². The van der Waals surface area contributed by atoms with E-state index in [1.54, 1.807) is 12.1 Å². The van der Waals surface area contributed by atoms with Crippen molar-refractivity contribution in [2.45, 2.75) is 0 Å². The molecule has 0 saturated heterocycles. The molecule has 19 heavy (non-hydrogen) atoms. The summed E-state index contributed by atoms with van der Waals surface area (Å²) < 4.78 is 19.2. The van der Waals surface area contributed by atoms with Gasteiger partial charge in [0.25, 0.3) is 5.91 Å². The number of nitrogens with two attached hydrogens (primary N) is 2. The lowest BCUT2D eigenvalue weighted by Crippen LogP contribution is -2.13. The summed E-state index contributed by atoms with van der Waals surface area (Å²) in [5.41, 5.74) is 11.2. The Balaban J connectivity index is 2.33. The molecule has 0 fully saturated rings. The molecule has 0 saturated carbocycles. The van der Waals surface area contributed by atoms with Gasteiger partial charge in [0.15, 0.2) is 0 Å². The molecule has 0 unspecified atom stereocenters. The van der Waals surface area contributed by atoms with Gasteiger partial charge in [-0.05, 0) is 30.3 Å². The first-order valence-corrected chi connectivity index (χ1v) is 6.08. The van der Waals surface area contributed by atoms with Gasteiger partial charge in [0.1, 0.15) is 17.3 Å². The molecule has 0 radical (unpaired) electrons. The minimum atomic E-state index is -0.650.